The second-order valence-electron chi connectivity index (χ2n) is 18.6. The monoisotopic (exact) mass is 981 g/mol. The largest absolute Gasteiger partial charge is 0.457 e. The second kappa shape index (κ2) is 18.1. The zero-order valence-corrected chi connectivity index (χ0v) is 40.7. The summed E-state index contributed by atoms with van der Waals surface area (Å²) < 4.78 is 25.7. The summed E-state index contributed by atoms with van der Waals surface area (Å²) in [5.41, 5.74) is 14.4. The minimum absolute atomic E-state index is 0.130. The molecule has 1 amide bonds. The van der Waals surface area contributed by atoms with Crippen molar-refractivity contribution < 1.29 is 23.7 Å². The average Bonchev–Trinajstić information content (AvgIpc) is 4.12. The molecule has 0 fully saturated rings. The Hall–Kier alpha value is -10.2. The minimum atomic E-state index is -0.409. The molecule has 8 aromatic carbocycles. The predicted molar refractivity (Wildman–Crippen MR) is 289 cm³/mol. The van der Waals surface area contributed by atoms with E-state index in [2.05, 4.69) is 9.97 Å². The van der Waals surface area contributed by atoms with Crippen LogP contribution in [0.3, 0.4) is 0 Å². The Kier molecular flexibility index (Phi) is 10.8. The van der Waals surface area contributed by atoms with Gasteiger partial charge in [-0.25, -0.2) is 29.9 Å². The van der Waals surface area contributed by atoms with Gasteiger partial charge in [0.15, 0.2) is 23.3 Å². The molecule has 0 radical (unpaired) electrons. The number of aromatic nitrogens is 8. The normalized spacial score (nSPS) is 11.6. The maximum atomic E-state index is 11.6. The van der Waals surface area contributed by atoms with E-state index in [0.29, 0.717) is 108 Å². The average molecular weight is 982 g/mol. The van der Waals surface area contributed by atoms with Gasteiger partial charge < -0.3 is 34.6 Å². The summed E-state index contributed by atoms with van der Waals surface area (Å²) >= 11 is 0. The van der Waals surface area contributed by atoms with Crippen LogP contribution in [-0.2, 0) is 11.2 Å². The lowest BCUT2D eigenvalue weighted by Gasteiger charge is -2.08. The van der Waals surface area contributed by atoms with Crippen LogP contribution in [0.4, 0.5) is 0 Å². The van der Waals surface area contributed by atoms with Gasteiger partial charge >= 0.3 is 0 Å². The summed E-state index contributed by atoms with van der Waals surface area (Å²) in [7, 11) is 0. The van der Waals surface area contributed by atoms with Crippen LogP contribution in [0, 0.1) is 20.8 Å². The number of carbonyl (C=O) groups excluding carboxylic acids is 1. The number of rotatable bonds is 10. The predicted octanol–water partition coefficient (Wildman–Crippen LogP) is 14.0. The number of nitrogens with two attached hydrogens (primary N) is 1. The number of primary amides is 1. The van der Waals surface area contributed by atoms with Gasteiger partial charge in [0.1, 0.15) is 68.6 Å². The summed E-state index contributed by atoms with van der Waals surface area (Å²) in [6, 6.07) is 54.1. The van der Waals surface area contributed by atoms with Gasteiger partial charge in [0, 0.05) is 43.8 Å². The topological polar surface area (TPSA) is 189 Å². The molecule has 3 aromatic heterocycles. The molecule has 0 saturated carbocycles. The number of amides is 1. The van der Waals surface area contributed by atoms with Gasteiger partial charge in [-0.15, -0.1) is 0 Å². The Labute approximate surface area is 428 Å². The third kappa shape index (κ3) is 8.86. The highest BCUT2D eigenvalue weighted by atomic mass is 16.5. The highest BCUT2D eigenvalue weighted by Crippen LogP contribution is 2.42. The molecular formula is C61H43N9O5. The van der Waals surface area contributed by atoms with Crippen molar-refractivity contribution in [3.05, 3.63) is 192 Å². The first-order valence-electron chi connectivity index (χ1n) is 24.3. The minimum Gasteiger partial charge on any atom is -0.457 e. The number of fused-ring (bicyclic) bond motifs is 20. The van der Waals surface area contributed by atoms with Gasteiger partial charge in [-0.2, -0.15) is 0 Å². The van der Waals surface area contributed by atoms with E-state index >= 15 is 0 Å². The number of aromatic amines is 2. The van der Waals surface area contributed by atoms with Crippen LogP contribution in [0.5, 0.6) is 46.0 Å². The van der Waals surface area contributed by atoms with E-state index in [9.17, 15) is 4.79 Å². The van der Waals surface area contributed by atoms with Crippen molar-refractivity contribution >= 4 is 50.0 Å². The van der Waals surface area contributed by atoms with E-state index in [1.807, 2.05) is 178 Å². The van der Waals surface area contributed by atoms with Gasteiger partial charge in [0.05, 0.1) is 6.42 Å². The quantitative estimate of drug-likeness (QED) is 0.118. The molecular weight excluding hydrogens is 939 g/mol. The highest BCUT2D eigenvalue weighted by molar-refractivity contribution is 6.07. The number of benzene rings is 8. The van der Waals surface area contributed by atoms with E-state index in [0.717, 1.165) is 49.5 Å². The van der Waals surface area contributed by atoms with E-state index in [-0.39, 0.29) is 6.42 Å². The zero-order chi connectivity index (χ0) is 50.7. The summed E-state index contributed by atoms with van der Waals surface area (Å²) in [4.78, 5) is 50.1. The van der Waals surface area contributed by atoms with Gasteiger partial charge in [0.2, 0.25) is 5.91 Å². The molecule has 362 valence electrons. The van der Waals surface area contributed by atoms with Crippen LogP contribution >= 0.6 is 0 Å². The number of H-pyrrole nitrogens is 2. The lowest BCUT2D eigenvalue weighted by Crippen LogP contribution is -2.13. The Morgan fingerprint density at radius 2 is 0.720 bits per heavy atom. The molecule has 0 atom stereocenters. The fourth-order valence-electron chi connectivity index (χ4n) is 9.42. The second-order valence-corrected chi connectivity index (χ2v) is 18.6. The van der Waals surface area contributed by atoms with Crippen molar-refractivity contribution in [3.8, 4) is 91.5 Å². The maximum Gasteiger partial charge on any atom is 0.221 e. The Bertz CT molecular complexity index is 4270. The molecule has 2 aliphatic heterocycles. The Balaban J connectivity index is 1.05. The van der Waals surface area contributed by atoms with Crippen LogP contribution < -0.4 is 24.7 Å². The number of hydrogen-bond donors (Lipinski definition) is 3. The van der Waals surface area contributed by atoms with Crippen molar-refractivity contribution in [1.82, 2.24) is 39.9 Å². The number of nitrogens with one attached hydrogen (secondary N) is 2. The van der Waals surface area contributed by atoms with E-state index in [1.165, 1.54) is 0 Å². The first-order valence-corrected chi connectivity index (χ1v) is 24.3. The van der Waals surface area contributed by atoms with Crippen molar-refractivity contribution in [3.63, 3.8) is 0 Å². The van der Waals surface area contributed by atoms with Crippen LogP contribution in [-0.4, -0.2) is 45.8 Å². The Morgan fingerprint density at radius 1 is 0.373 bits per heavy atom. The molecule has 0 unspecified atom stereocenters. The van der Waals surface area contributed by atoms with Gasteiger partial charge in [-0.1, -0.05) is 48.5 Å². The molecule has 75 heavy (non-hydrogen) atoms. The lowest BCUT2D eigenvalue weighted by atomic mass is 10.1. The summed E-state index contributed by atoms with van der Waals surface area (Å²) in [6.07, 6.45) is 0.130. The van der Waals surface area contributed by atoms with Crippen LogP contribution in [0.2, 0.25) is 0 Å². The summed E-state index contributed by atoms with van der Waals surface area (Å²) in [5.74, 6) is 6.30. The van der Waals surface area contributed by atoms with Crippen LogP contribution in [0.25, 0.3) is 89.7 Å². The van der Waals surface area contributed by atoms with Gasteiger partial charge in [-0.05, 0) is 164 Å². The molecule has 14 heteroatoms. The smallest absolute Gasteiger partial charge is 0.221 e. The maximum absolute atomic E-state index is 11.6. The molecule has 4 N–H and O–H groups in total. The fraction of sp³-hybridized carbons (Fsp3) is 0.0656. The third-order valence-electron chi connectivity index (χ3n) is 12.9. The number of hydrogen-bond acceptors (Lipinski definition) is 11. The molecule has 11 aromatic rings. The molecule has 8 bridgehead atoms. The number of carbonyl (C=O) groups is 1. The number of aryl methyl sites for hydroxylation is 3. The van der Waals surface area contributed by atoms with Crippen molar-refractivity contribution in [2.75, 3.05) is 0 Å². The lowest BCUT2D eigenvalue weighted by molar-refractivity contribution is -0.117. The van der Waals surface area contributed by atoms with Crippen molar-refractivity contribution in [2.45, 2.75) is 27.2 Å². The van der Waals surface area contributed by atoms with E-state index in [4.69, 9.17) is 54.6 Å². The highest BCUT2D eigenvalue weighted by Gasteiger charge is 2.24. The van der Waals surface area contributed by atoms with Crippen molar-refractivity contribution in [1.29, 1.82) is 0 Å². The Morgan fingerprint density at radius 3 is 1.13 bits per heavy atom. The summed E-state index contributed by atoms with van der Waals surface area (Å²) in [5, 5.41) is 2.99. The number of nitrogens with zero attached hydrogens (tertiary/aromatic N) is 6. The zero-order valence-electron chi connectivity index (χ0n) is 40.7. The fourth-order valence-corrected chi connectivity index (χ4v) is 9.42. The van der Waals surface area contributed by atoms with Crippen molar-refractivity contribution in [2.24, 2.45) is 5.73 Å². The molecule has 0 saturated heterocycles. The summed E-state index contributed by atoms with van der Waals surface area (Å²) in [6.45, 7) is 6.08. The molecule has 13 rings (SSSR count). The molecule has 5 heterocycles. The van der Waals surface area contributed by atoms with Crippen LogP contribution in [0.15, 0.2) is 170 Å². The van der Waals surface area contributed by atoms with E-state index in [1.54, 1.807) is 12.1 Å². The first kappa shape index (κ1) is 44.7. The SMILES string of the molecule is Cc1cccc(Oc2ccc3c(c2)-c2nc-3nc3[nH]c(nc4nc(nc5[nH]c(n2)c2ccc(Oc6ccc(CC(N)=O)cc6)cc52)-c2ccc(Oc5cccc(C)c5)cc2-4)c2ccc(Oc4cccc(C)c4)cc32)c1. The first-order chi connectivity index (χ1) is 36.6. The van der Waals surface area contributed by atoms with E-state index < -0.39 is 5.91 Å². The molecule has 14 nitrogen and oxygen atoms in total. The van der Waals surface area contributed by atoms with Gasteiger partial charge in [-0.3, -0.25) is 4.79 Å². The third-order valence-corrected chi connectivity index (χ3v) is 12.9. The molecule has 2 aliphatic rings. The van der Waals surface area contributed by atoms with Crippen LogP contribution in [0.1, 0.15) is 22.3 Å². The standard InChI is InChI=1S/C61H43N9O5/c1-33-7-4-10-38(25-33)73-42-18-22-46-50(30-42)60-66-55(46)64-58-49-29-41(72-37-15-13-36(14-16-37)28-53(62)71)17-21-45(49)54(63-58)65-59-51-31-43(74-39-11-5-8-34(2)26-39)19-23-47(51)56(67-59)69-61-52-32-44(20-24-48(52)57(68-60)70-61)75-40-12-6-9-35(3)27-40/h4-27,29-32H,28H2,1-3H3,(H2,62,71)(H2,63,64,65,66,67,68,69,70). The molecule has 0 aliphatic carbocycles. The molecule has 0 spiro atoms. The van der Waals surface area contributed by atoms with Gasteiger partial charge in [0.25, 0.3) is 0 Å². The number of ether oxygens (including phenoxy) is 4.